The van der Waals surface area contributed by atoms with Gasteiger partial charge in [0, 0.05) is 0 Å². The van der Waals surface area contributed by atoms with Gasteiger partial charge in [0.15, 0.2) is 16.6 Å². The molecule has 0 saturated carbocycles. The van der Waals surface area contributed by atoms with E-state index in [1.165, 1.54) is 28.6 Å². The predicted octanol–water partition coefficient (Wildman–Crippen LogP) is -0.219. The van der Waals surface area contributed by atoms with E-state index in [9.17, 15) is 16.8 Å². The molecule has 1 heterocycles. The van der Waals surface area contributed by atoms with Gasteiger partial charge in [-0.05, 0) is 24.3 Å². The van der Waals surface area contributed by atoms with Gasteiger partial charge in [-0.25, -0.2) is 16.8 Å². The maximum Gasteiger partial charge on any atom is 0.259 e. The van der Waals surface area contributed by atoms with E-state index in [1.54, 1.807) is 0 Å². The molecule has 94 valence electrons. The summed E-state index contributed by atoms with van der Waals surface area (Å²) in [5.74, 6) is -0.343. The first-order valence-electron chi connectivity index (χ1n) is 4.83. The maximum absolute atomic E-state index is 11.7. The average molecular weight is 277 g/mol. The Hall–Kier alpha value is -1.12. The lowest BCUT2D eigenvalue weighted by molar-refractivity contribution is 0.175. The normalized spacial score (nSPS) is 19.5. The van der Waals surface area contributed by atoms with E-state index in [2.05, 4.69) is 0 Å². The number of thiol groups is 1. The molecule has 0 amide bonds. The van der Waals surface area contributed by atoms with Gasteiger partial charge >= 0.3 is 0 Å². The molecule has 0 bridgehead atoms. The van der Waals surface area contributed by atoms with Crippen molar-refractivity contribution < 1.29 is 21.6 Å². The lowest BCUT2D eigenvalue weighted by Gasteiger charge is -2.28. The van der Waals surface area contributed by atoms with Crippen LogP contribution < -0.4 is 4.31 Å². The van der Waals surface area contributed by atoms with Crippen molar-refractivity contribution in [1.29, 1.82) is 0 Å². The van der Waals surface area contributed by atoms with Crippen molar-refractivity contribution in [2.45, 2.75) is 4.90 Å². The summed E-state index contributed by atoms with van der Waals surface area (Å²) in [4.78, 5) is 0.161. The maximum atomic E-state index is 11.7. The van der Waals surface area contributed by atoms with E-state index < -0.39 is 20.7 Å². The van der Waals surface area contributed by atoms with Gasteiger partial charge in [0.05, 0.1) is 23.7 Å². The minimum absolute atomic E-state index is 0.161. The zero-order valence-electron chi connectivity index (χ0n) is 8.77. The van der Waals surface area contributed by atoms with Crippen LogP contribution in [0.4, 0.5) is 5.69 Å². The van der Waals surface area contributed by atoms with Gasteiger partial charge in [-0.2, -0.15) is 0 Å². The topological polar surface area (TPSA) is 80.8 Å². The van der Waals surface area contributed by atoms with Crippen LogP contribution >= 0.6 is 0 Å². The third kappa shape index (κ3) is 2.59. The smallest absolute Gasteiger partial charge is 0.259 e. The van der Waals surface area contributed by atoms with E-state index >= 15 is 0 Å². The number of anilines is 1. The summed E-state index contributed by atoms with van der Waals surface area (Å²) in [5, 5.41) is 0. The van der Waals surface area contributed by atoms with Crippen LogP contribution in [0.25, 0.3) is 0 Å². The van der Waals surface area contributed by atoms with E-state index in [1.807, 2.05) is 0 Å². The number of hydrogen-bond acceptors (Lipinski definition) is 5. The summed E-state index contributed by atoms with van der Waals surface area (Å²) in [7, 11) is -6.09. The molecule has 1 aromatic carbocycles. The van der Waals surface area contributed by atoms with Crippen LogP contribution in [0.15, 0.2) is 29.2 Å². The van der Waals surface area contributed by atoms with Crippen molar-refractivity contribution in [2.24, 2.45) is 0 Å². The first kappa shape index (κ1) is 12.3. The number of hydrogen-bond donors (Lipinski definition) is 1. The molecule has 0 atom stereocenters. The zero-order chi connectivity index (χ0) is 12.5. The van der Waals surface area contributed by atoms with Crippen LogP contribution in [0, 0.1) is 0 Å². The molecule has 1 fully saturated rings. The van der Waals surface area contributed by atoms with Crippen molar-refractivity contribution in [2.75, 3.05) is 23.4 Å². The molecule has 0 spiro atoms. The second-order valence-corrected chi connectivity index (χ2v) is 6.35. The number of ether oxygens (including phenoxy) is 1. The monoisotopic (exact) mass is 277 g/mol. The molecule has 0 unspecified atom stereocenters. The van der Waals surface area contributed by atoms with Gasteiger partial charge in [-0.15, -0.1) is 0 Å². The highest BCUT2D eigenvalue weighted by molar-refractivity contribution is 7.92. The molecule has 0 aliphatic carbocycles. The molecule has 2 rings (SSSR count). The molecule has 0 aromatic heterocycles. The second-order valence-electron chi connectivity index (χ2n) is 3.48. The molecule has 17 heavy (non-hydrogen) atoms. The van der Waals surface area contributed by atoms with Crippen molar-refractivity contribution in [3.05, 3.63) is 24.3 Å². The van der Waals surface area contributed by atoms with Crippen LogP contribution in [0.1, 0.15) is 0 Å². The largest absolute Gasteiger partial charge is 0.362 e. The molecule has 1 aliphatic heterocycles. The first-order valence-corrected chi connectivity index (χ1v) is 7.62. The Kier molecular flexibility index (Phi) is 3.36. The molecule has 0 N–H and O–H groups in total. The highest BCUT2D eigenvalue weighted by Gasteiger charge is 2.26. The minimum Gasteiger partial charge on any atom is -0.362 e. The van der Waals surface area contributed by atoms with Gasteiger partial charge < -0.3 is 4.74 Å². The Balaban J connectivity index is 2.34. The molecule has 0 radical (unpaired) electrons. The van der Waals surface area contributed by atoms with E-state index in [0.29, 0.717) is 12.3 Å². The van der Waals surface area contributed by atoms with Crippen LogP contribution in [0.5, 0.6) is 0 Å². The lowest BCUT2D eigenvalue weighted by atomic mass is 10.3. The SMILES string of the molecule is O=[SH](=O)c1ccc(N2CCOCS2(=O)=O)cc1. The molecular weight excluding hydrogens is 266 g/mol. The molecule has 8 heteroatoms. The van der Waals surface area contributed by atoms with Crippen molar-refractivity contribution >= 4 is 26.4 Å². The van der Waals surface area contributed by atoms with Crippen LogP contribution in [0.2, 0.25) is 0 Å². The number of nitrogens with zero attached hydrogens (tertiary/aromatic N) is 1. The second kappa shape index (κ2) is 4.63. The van der Waals surface area contributed by atoms with E-state index in [0.717, 1.165) is 0 Å². The Morgan fingerprint density at radius 2 is 1.82 bits per heavy atom. The standard InChI is InChI=1S/C9H11NO5S2/c11-16(12)9-3-1-8(2-4-9)10-5-6-15-7-17(10,13)14/h1-4,16H,5-7H2. The fourth-order valence-corrected chi connectivity index (χ4v) is 3.19. The molecular formula is C9H11NO5S2. The summed E-state index contributed by atoms with van der Waals surface area (Å²) < 4.78 is 50.9. The summed E-state index contributed by atoms with van der Waals surface area (Å²) in [6.07, 6.45) is 0. The Morgan fingerprint density at radius 1 is 1.18 bits per heavy atom. The van der Waals surface area contributed by atoms with Crippen molar-refractivity contribution in [3.8, 4) is 0 Å². The van der Waals surface area contributed by atoms with Crippen molar-refractivity contribution in [1.82, 2.24) is 0 Å². The zero-order valence-corrected chi connectivity index (χ0v) is 10.5. The fraction of sp³-hybridized carbons (Fsp3) is 0.333. The van der Waals surface area contributed by atoms with Gasteiger partial charge in [0.2, 0.25) is 0 Å². The van der Waals surface area contributed by atoms with Gasteiger partial charge in [-0.3, -0.25) is 4.31 Å². The molecule has 1 aromatic rings. The van der Waals surface area contributed by atoms with E-state index in [4.69, 9.17) is 4.74 Å². The first-order chi connectivity index (χ1) is 8.00. The lowest BCUT2D eigenvalue weighted by Crippen LogP contribution is -2.41. The van der Waals surface area contributed by atoms with Crippen LogP contribution in [-0.2, 0) is 25.5 Å². The van der Waals surface area contributed by atoms with E-state index in [-0.39, 0.29) is 17.4 Å². The third-order valence-electron chi connectivity index (χ3n) is 2.36. The van der Waals surface area contributed by atoms with Crippen molar-refractivity contribution in [3.63, 3.8) is 0 Å². The fourth-order valence-electron chi connectivity index (χ4n) is 1.54. The quantitative estimate of drug-likeness (QED) is 0.756. The minimum atomic E-state index is -3.45. The summed E-state index contributed by atoms with van der Waals surface area (Å²) in [6, 6.07) is 5.71. The number of rotatable bonds is 2. The number of sulfonamides is 1. The highest BCUT2D eigenvalue weighted by atomic mass is 32.2. The highest BCUT2D eigenvalue weighted by Crippen LogP contribution is 2.21. The Bertz CT molecular complexity index is 568. The summed E-state index contributed by atoms with van der Waals surface area (Å²) in [6.45, 7) is 0.571. The van der Waals surface area contributed by atoms with Gasteiger partial charge in [-0.1, -0.05) is 0 Å². The predicted molar refractivity (Wildman–Crippen MR) is 62.1 cm³/mol. The third-order valence-corrected chi connectivity index (χ3v) is 4.60. The number of benzene rings is 1. The Morgan fingerprint density at radius 3 is 2.35 bits per heavy atom. The van der Waals surface area contributed by atoms with Crippen LogP contribution in [-0.4, -0.2) is 35.9 Å². The van der Waals surface area contributed by atoms with Crippen LogP contribution in [0.3, 0.4) is 0 Å². The van der Waals surface area contributed by atoms with Gasteiger partial charge in [0.25, 0.3) is 10.0 Å². The van der Waals surface area contributed by atoms with Gasteiger partial charge in [0.1, 0.15) is 0 Å². The average Bonchev–Trinajstić information content (AvgIpc) is 2.28. The molecule has 1 aliphatic rings. The molecule has 1 saturated heterocycles. The molecule has 6 nitrogen and oxygen atoms in total. The summed E-state index contributed by atoms with van der Waals surface area (Å²) in [5.41, 5.74) is 0.453. The Labute approximate surface area is 101 Å². The summed E-state index contributed by atoms with van der Waals surface area (Å²) >= 11 is 0.